The van der Waals surface area contributed by atoms with Crippen LogP contribution in [-0.2, 0) is 43.0 Å². The van der Waals surface area contributed by atoms with E-state index in [-0.39, 0.29) is 6.42 Å². The highest BCUT2D eigenvalue weighted by molar-refractivity contribution is 5.92. The molecular weight excluding hydrogens is 390 g/mol. The number of hydrogen-bond acceptors (Lipinski definition) is 11. The Morgan fingerprint density at radius 1 is 1.03 bits per heavy atom. The third-order valence-electron chi connectivity index (χ3n) is 5.55. The van der Waals surface area contributed by atoms with Crippen molar-refractivity contribution in [3.63, 3.8) is 0 Å². The van der Waals surface area contributed by atoms with Gasteiger partial charge in [0.2, 0.25) is 0 Å². The molecule has 3 heterocycles. The Bertz CT molecular complexity index is 792. The van der Waals surface area contributed by atoms with Crippen molar-refractivity contribution in [2.45, 2.75) is 82.1 Å². The molecule has 1 N–H and O–H groups in total. The van der Waals surface area contributed by atoms with Crippen LogP contribution in [0.4, 0.5) is 0 Å². The van der Waals surface area contributed by atoms with Crippen LogP contribution in [0.15, 0.2) is 0 Å². The highest BCUT2D eigenvalue weighted by Crippen LogP contribution is 2.57. The summed E-state index contributed by atoms with van der Waals surface area (Å²) in [5.41, 5.74) is -4.95. The molecule has 0 aliphatic carbocycles. The maximum Gasteiger partial charge on any atom is 0.355 e. The number of aliphatic hydroxyl groups is 1. The molecule has 162 valence electrons. The molecule has 1 spiro atoms. The quantitative estimate of drug-likeness (QED) is 0.607. The van der Waals surface area contributed by atoms with Gasteiger partial charge in [-0.25, -0.2) is 4.79 Å². The van der Waals surface area contributed by atoms with Gasteiger partial charge in [-0.1, -0.05) is 0 Å². The van der Waals surface area contributed by atoms with Gasteiger partial charge in [-0.2, -0.15) is 5.06 Å². The van der Waals surface area contributed by atoms with Gasteiger partial charge in [0, 0.05) is 12.5 Å². The van der Waals surface area contributed by atoms with E-state index in [1.165, 1.54) is 26.0 Å². The molecule has 29 heavy (non-hydrogen) atoms. The van der Waals surface area contributed by atoms with Crippen molar-refractivity contribution in [1.82, 2.24) is 5.06 Å². The Morgan fingerprint density at radius 2 is 1.59 bits per heavy atom. The van der Waals surface area contributed by atoms with Crippen molar-refractivity contribution in [3.05, 3.63) is 0 Å². The summed E-state index contributed by atoms with van der Waals surface area (Å²) >= 11 is 0. The summed E-state index contributed by atoms with van der Waals surface area (Å²) in [4.78, 5) is 55.7. The Hall–Kier alpha value is -2.24. The molecule has 11 nitrogen and oxygen atoms in total. The van der Waals surface area contributed by atoms with Crippen LogP contribution in [0.3, 0.4) is 0 Å². The second-order valence-electron chi connectivity index (χ2n) is 8.71. The summed E-state index contributed by atoms with van der Waals surface area (Å²) in [6.45, 7) is 7.54. The van der Waals surface area contributed by atoms with Crippen molar-refractivity contribution >= 4 is 23.9 Å². The standard InChI is InChI=1S/C18H25NO10/c1-10(20)26-17-9-14(2,3)19(25-6)15(4,5)18(17)28-12(22)8-16(24,13(23)29-18)7-11(21)27-17/h24H,7-9H2,1-6H3. The number of rotatable bonds is 2. The summed E-state index contributed by atoms with van der Waals surface area (Å²) in [5.74, 6) is -8.97. The minimum absolute atomic E-state index is 0.262. The number of piperidine rings is 1. The summed E-state index contributed by atoms with van der Waals surface area (Å²) in [7, 11) is 1.37. The zero-order valence-electron chi connectivity index (χ0n) is 17.2. The number of ether oxygens (including phenoxy) is 4. The van der Waals surface area contributed by atoms with Gasteiger partial charge in [0.25, 0.3) is 0 Å². The molecule has 3 fully saturated rings. The van der Waals surface area contributed by atoms with Crippen molar-refractivity contribution in [2.24, 2.45) is 0 Å². The van der Waals surface area contributed by atoms with E-state index in [0.29, 0.717) is 0 Å². The number of hydrogen-bond donors (Lipinski definition) is 1. The first kappa shape index (κ1) is 21.5. The zero-order valence-corrected chi connectivity index (χ0v) is 17.2. The summed E-state index contributed by atoms with van der Waals surface area (Å²) in [5, 5.41) is 12.0. The lowest BCUT2D eigenvalue weighted by molar-refractivity contribution is -0.457. The lowest BCUT2D eigenvalue weighted by Crippen LogP contribution is -2.83. The van der Waals surface area contributed by atoms with E-state index in [4.69, 9.17) is 23.8 Å². The predicted molar refractivity (Wildman–Crippen MR) is 91.3 cm³/mol. The van der Waals surface area contributed by atoms with Crippen LogP contribution in [0.25, 0.3) is 0 Å². The van der Waals surface area contributed by atoms with Gasteiger partial charge >= 0.3 is 35.5 Å². The van der Waals surface area contributed by atoms with Crippen LogP contribution in [0.5, 0.6) is 0 Å². The smallest absolute Gasteiger partial charge is 0.355 e. The maximum atomic E-state index is 12.9. The van der Waals surface area contributed by atoms with Crippen LogP contribution in [0.2, 0.25) is 0 Å². The molecule has 3 rings (SSSR count). The molecule has 3 unspecified atom stereocenters. The molecule has 0 radical (unpaired) electrons. The Labute approximate surface area is 167 Å². The Kier molecular flexibility index (Phi) is 4.54. The zero-order chi connectivity index (χ0) is 22.0. The number of fused-ring (bicyclic) bond motifs is 2. The minimum atomic E-state index is -2.47. The highest BCUT2D eigenvalue weighted by atomic mass is 16.8. The van der Waals surface area contributed by atoms with Gasteiger partial charge < -0.3 is 28.9 Å². The third kappa shape index (κ3) is 2.82. The second-order valence-corrected chi connectivity index (χ2v) is 8.71. The first-order valence-corrected chi connectivity index (χ1v) is 9.08. The van der Waals surface area contributed by atoms with E-state index in [0.717, 1.165) is 6.92 Å². The summed E-state index contributed by atoms with van der Waals surface area (Å²) in [6, 6.07) is 0. The average molecular weight is 415 g/mol. The number of carbonyl (C=O) groups excluding carboxylic acids is 4. The number of carbonyl (C=O) groups is 4. The monoisotopic (exact) mass is 415 g/mol. The van der Waals surface area contributed by atoms with E-state index >= 15 is 0 Å². The van der Waals surface area contributed by atoms with Crippen molar-refractivity contribution in [2.75, 3.05) is 7.11 Å². The molecule has 0 amide bonds. The third-order valence-corrected chi connectivity index (χ3v) is 5.55. The molecule has 2 bridgehead atoms. The van der Waals surface area contributed by atoms with E-state index in [1.807, 2.05) is 0 Å². The van der Waals surface area contributed by atoms with Gasteiger partial charge in [-0.05, 0) is 27.7 Å². The summed E-state index contributed by atoms with van der Waals surface area (Å²) < 4.78 is 22.1. The fourth-order valence-corrected chi connectivity index (χ4v) is 4.80. The SMILES string of the molecule is CON1C(C)(C)CC2(OC(C)=O)OC(=O)CC3(O)CC(=O)OC2(OC3=O)C1(C)C. The number of nitrogens with zero attached hydrogens (tertiary/aromatic N) is 1. The second kappa shape index (κ2) is 6.13. The maximum absolute atomic E-state index is 12.9. The number of hydroxylamine groups is 2. The van der Waals surface area contributed by atoms with E-state index in [9.17, 15) is 24.3 Å². The van der Waals surface area contributed by atoms with E-state index in [1.54, 1.807) is 13.8 Å². The highest BCUT2D eigenvalue weighted by Gasteiger charge is 2.81. The van der Waals surface area contributed by atoms with Crippen LogP contribution in [0.1, 0.15) is 53.9 Å². The average Bonchev–Trinajstić information content (AvgIpc) is 2.57. The summed E-state index contributed by atoms with van der Waals surface area (Å²) in [6.07, 6.45) is -1.96. The fourth-order valence-electron chi connectivity index (χ4n) is 4.80. The van der Waals surface area contributed by atoms with Crippen LogP contribution in [-0.4, -0.2) is 69.4 Å². The Balaban J connectivity index is 2.38. The fraction of sp³-hybridized carbons (Fsp3) is 0.778. The van der Waals surface area contributed by atoms with Crippen molar-refractivity contribution in [3.8, 4) is 0 Å². The molecule has 3 saturated heterocycles. The van der Waals surface area contributed by atoms with Crippen LogP contribution in [0, 0.1) is 0 Å². The molecule has 0 aromatic heterocycles. The van der Waals surface area contributed by atoms with Crippen LogP contribution < -0.4 is 0 Å². The van der Waals surface area contributed by atoms with Gasteiger partial charge in [0.15, 0.2) is 5.60 Å². The molecule has 3 aliphatic heterocycles. The van der Waals surface area contributed by atoms with Gasteiger partial charge in [0.1, 0.15) is 5.54 Å². The van der Waals surface area contributed by atoms with Gasteiger partial charge in [-0.3, -0.25) is 14.4 Å². The molecule has 11 heteroatoms. The molecular formula is C18H25NO10. The molecule has 3 atom stereocenters. The van der Waals surface area contributed by atoms with E-state index in [2.05, 4.69) is 0 Å². The Morgan fingerprint density at radius 3 is 2.10 bits per heavy atom. The molecule has 0 aromatic carbocycles. The molecule has 3 aliphatic rings. The predicted octanol–water partition coefficient (Wildman–Crippen LogP) is -0.0655. The number of esters is 4. The normalized spacial score (nSPS) is 38.5. The largest absolute Gasteiger partial charge is 0.415 e. The topological polar surface area (TPSA) is 138 Å². The van der Waals surface area contributed by atoms with E-state index < -0.39 is 65.0 Å². The lowest BCUT2D eigenvalue weighted by atomic mass is 9.72. The van der Waals surface area contributed by atoms with Gasteiger partial charge in [-0.15, -0.1) is 0 Å². The molecule has 0 aromatic rings. The first-order chi connectivity index (χ1) is 13.1. The van der Waals surface area contributed by atoms with Crippen molar-refractivity contribution in [1.29, 1.82) is 0 Å². The minimum Gasteiger partial charge on any atom is -0.415 e. The first-order valence-electron chi connectivity index (χ1n) is 9.08. The van der Waals surface area contributed by atoms with Crippen LogP contribution >= 0.6 is 0 Å². The van der Waals surface area contributed by atoms with Crippen molar-refractivity contribution < 1.29 is 48.1 Å². The molecule has 0 saturated carbocycles. The van der Waals surface area contributed by atoms with Gasteiger partial charge in [0.05, 0.1) is 26.4 Å². The lowest BCUT2D eigenvalue weighted by Gasteiger charge is -2.63.